The number of hydrogen-bond donors (Lipinski definition) is 1. The van der Waals surface area contributed by atoms with Crippen molar-refractivity contribution in [2.45, 2.75) is 13.5 Å². The number of carbonyl (C=O) groups is 3. The van der Waals surface area contributed by atoms with Gasteiger partial charge in [0.25, 0.3) is 5.91 Å². The van der Waals surface area contributed by atoms with E-state index in [-0.39, 0.29) is 18.9 Å². The van der Waals surface area contributed by atoms with Gasteiger partial charge >= 0.3 is 0 Å². The number of Topliss-reactive ketones (excluding diaryl/α,β-unsaturated/α-hetero) is 1. The summed E-state index contributed by atoms with van der Waals surface area (Å²) in [5, 5.41) is 3.15. The lowest BCUT2D eigenvalue weighted by Gasteiger charge is -2.15. The molecular weight excluding hydrogens is 333 g/mol. The van der Waals surface area contributed by atoms with Gasteiger partial charge in [-0.1, -0.05) is 12.1 Å². The number of hydrogen-bond acceptors (Lipinski definition) is 5. The third kappa shape index (κ3) is 3.33. The molecule has 2 aromatic rings. The number of anilines is 1. The highest BCUT2D eigenvalue weighted by Gasteiger charge is 2.43. The number of ketones is 1. The molecule has 0 radical (unpaired) electrons. The fourth-order valence-corrected chi connectivity index (χ4v) is 3.14. The summed E-state index contributed by atoms with van der Waals surface area (Å²) in [5.41, 5.74) is 1.46. The van der Waals surface area contributed by atoms with Crippen LogP contribution in [0.25, 0.3) is 0 Å². The number of benzene rings is 1. The van der Waals surface area contributed by atoms with Gasteiger partial charge in [-0.2, -0.15) is 4.37 Å². The number of aryl methyl sites for hydroxylation is 1. The van der Waals surface area contributed by atoms with Crippen LogP contribution in [0, 0.1) is 18.7 Å². The first-order valence-electron chi connectivity index (χ1n) is 7.26. The van der Waals surface area contributed by atoms with Gasteiger partial charge in [-0.25, -0.2) is 4.39 Å². The van der Waals surface area contributed by atoms with E-state index in [1.165, 1.54) is 17.0 Å². The van der Waals surface area contributed by atoms with Crippen molar-refractivity contribution >= 4 is 34.1 Å². The largest absolute Gasteiger partial charge is 0.330 e. The summed E-state index contributed by atoms with van der Waals surface area (Å²) >= 11 is 1.12. The first kappa shape index (κ1) is 16.3. The topological polar surface area (TPSA) is 79.4 Å². The van der Waals surface area contributed by atoms with Gasteiger partial charge in [0.2, 0.25) is 11.7 Å². The highest BCUT2D eigenvalue weighted by atomic mass is 32.1. The van der Waals surface area contributed by atoms with Crippen molar-refractivity contribution in [1.29, 1.82) is 0 Å². The van der Waals surface area contributed by atoms with Crippen LogP contribution in [0.3, 0.4) is 0 Å². The van der Waals surface area contributed by atoms with Gasteiger partial charge in [0, 0.05) is 13.1 Å². The molecule has 0 aliphatic carbocycles. The van der Waals surface area contributed by atoms with Crippen molar-refractivity contribution in [3.63, 3.8) is 0 Å². The molecule has 2 heterocycles. The fourth-order valence-electron chi connectivity index (χ4n) is 2.47. The molecule has 0 spiro atoms. The number of likely N-dealkylation sites (tertiary alicyclic amines) is 1. The molecule has 1 aromatic carbocycles. The minimum atomic E-state index is -1.04. The molecule has 1 saturated heterocycles. The monoisotopic (exact) mass is 347 g/mol. The maximum Gasteiger partial charge on any atom is 0.291 e. The zero-order valence-electron chi connectivity index (χ0n) is 12.8. The standard InChI is InChI=1S/C16H14FN3O3S/c1-9-6-13(24-19-9)18-15(22)12-8-20(16(23)14(12)21)7-10-2-4-11(17)5-3-10/h2-6,12H,7-8H2,1H3,(H,18,22). The van der Waals surface area contributed by atoms with Crippen LogP contribution in [0.5, 0.6) is 0 Å². The molecule has 1 N–H and O–H groups in total. The van der Waals surface area contributed by atoms with Gasteiger partial charge in [-0.15, -0.1) is 0 Å². The molecule has 124 valence electrons. The Bertz CT molecular complexity index is 803. The Morgan fingerprint density at radius 2 is 2.08 bits per heavy atom. The number of nitrogens with zero attached hydrogens (tertiary/aromatic N) is 2. The zero-order valence-corrected chi connectivity index (χ0v) is 13.6. The molecule has 1 atom stereocenters. The molecule has 0 saturated carbocycles. The molecule has 1 aromatic heterocycles. The molecule has 1 aliphatic heterocycles. The van der Waals surface area contributed by atoms with E-state index in [0.29, 0.717) is 10.6 Å². The summed E-state index contributed by atoms with van der Waals surface area (Å²) in [6.07, 6.45) is 0. The minimum absolute atomic E-state index is 0.0126. The number of amides is 2. The van der Waals surface area contributed by atoms with Crippen LogP contribution in [-0.2, 0) is 20.9 Å². The fraction of sp³-hybridized carbons (Fsp3) is 0.250. The van der Waals surface area contributed by atoms with Crippen LogP contribution in [0.2, 0.25) is 0 Å². The highest BCUT2D eigenvalue weighted by Crippen LogP contribution is 2.21. The Hall–Kier alpha value is -2.61. The predicted octanol–water partition coefficient (Wildman–Crippen LogP) is 1.76. The van der Waals surface area contributed by atoms with E-state index in [1.807, 2.05) is 0 Å². The van der Waals surface area contributed by atoms with Gasteiger partial charge in [-0.3, -0.25) is 14.4 Å². The predicted molar refractivity (Wildman–Crippen MR) is 85.8 cm³/mol. The van der Waals surface area contributed by atoms with Crippen LogP contribution < -0.4 is 5.32 Å². The van der Waals surface area contributed by atoms with Gasteiger partial charge in [0.15, 0.2) is 0 Å². The van der Waals surface area contributed by atoms with Crippen molar-refractivity contribution < 1.29 is 18.8 Å². The van der Waals surface area contributed by atoms with E-state index in [2.05, 4.69) is 9.69 Å². The zero-order chi connectivity index (χ0) is 17.3. The third-order valence-corrected chi connectivity index (χ3v) is 4.49. The Kier molecular flexibility index (Phi) is 4.39. The Balaban J connectivity index is 1.68. The maximum absolute atomic E-state index is 12.9. The molecular formula is C16H14FN3O3S. The Labute approximate surface area is 141 Å². The molecule has 2 amide bonds. The summed E-state index contributed by atoms with van der Waals surface area (Å²) in [4.78, 5) is 37.7. The van der Waals surface area contributed by atoms with E-state index < -0.39 is 23.5 Å². The molecule has 3 rings (SSSR count). The normalized spacial score (nSPS) is 17.4. The molecule has 6 nitrogen and oxygen atoms in total. The number of nitrogens with one attached hydrogen (secondary N) is 1. The van der Waals surface area contributed by atoms with Crippen molar-refractivity contribution in [1.82, 2.24) is 9.27 Å². The quantitative estimate of drug-likeness (QED) is 0.675. The van der Waals surface area contributed by atoms with Gasteiger partial charge in [0.05, 0.1) is 5.69 Å². The van der Waals surface area contributed by atoms with E-state index in [4.69, 9.17) is 0 Å². The first-order chi connectivity index (χ1) is 11.4. The lowest BCUT2D eigenvalue weighted by atomic mass is 10.1. The average molecular weight is 347 g/mol. The van der Waals surface area contributed by atoms with Crippen LogP contribution in [0.4, 0.5) is 9.39 Å². The molecule has 24 heavy (non-hydrogen) atoms. The molecule has 0 bridgehead atoms. The minimum Gasteiger partial charge on any atom is -0.330 e. The van der Waals surface area contributed by atoms with Crippen LogP contribution in [0.1, 0.15) is 11.3 Å². The second kappa shape index (κ2) is 6.48. The van der Waals surface area contributed by atoms with Crippen LogP contribution in [0.15, 0.2) is 30.3 Å². The number of halogens is 1. The summed E-state index contributed by atoms with van der Waals surface area (Å²) in [6, 6.07) is 7.35. The summed E-state index contributed by atoms with van der Waals surface area (Å²) in [6.45, 7) is 1.97. The highest BCUT2D eigenvalue weighted by molar-refractivity contribution is 7.10. The molecule has 8 heteroatoms. The van der Waals surface area contributed by atoms with Crippen molar-refractivity contribution in [2.75, 3.05) is 11.9 Å². The first-order valence-corrected chi connectivity index (χ1v) is 8.03. The number of rotatable bonds is 4. The van der Waals surface area contributed by atoms with E-state index in [9.17, 15) is 18.8 Å². The lowest BCUT2D eigenvalue weighted by molar-refractivity contribution is -0.142. The van der Waals surface area contributed by atoms with E-state index in [0.717, 1.165) is 17.2 Å². The van der Waals surface area contributed by atoms with Crippen molar-refractivity contribution in [2.24, 2.45) is 5.92 Å². The van der Waals surface area contributed by atoms with E-state index in [1.54, 1.807) is 25.1 Å². The Morgan fingerprint density at radius 3 is 2.71 bits per heavy atom. The van der Waals surface area contributed by atoms with E-state index >= 15 is 0 Å². The molecule has 1 aliphatic rings. The Morgan fingerprint density at radius 1 is 1.38 bits per heavy atom. The summed E-state index contributed by atoms with van der Waals surface area (Å²) in [5.74, 6) is -3.35. The van der Waals surface area contributed by atoms with Crippen LogP contribution in [-0.4, -0.2) is 33.4 Å². The number of aromatic nitrogens is 1. The molecule has 1 fully saturated rings. The van der Waals surface area contributed by atoms with Gasteiger partial charge in [0.1, 0.15) is 16.7 Å². The smallest absolute Gasteiger partial charge is 0.291 e. The summed E-state index contributed by atoms with van der Waals surface area (Å²) in [7, 11) is 0. The second-order valence-corrected chi connectivity index (χ2v) is 6.36. The lowest BCUT2D eigenvalue weighted by Crippen LogP contribution is -2.29. The average Bonchev–Trinajstić information content (AvgIpc) is 3.07. The van der Waals surface area contributed by atoms with Crippen molar-refractivity contribution in [3.8, 4) is 0 Å². The van der Waals surface area contributed by atoms with Gasteiger partial charge in [-0.05, 0) is 42.2 Å². The maximum atomic E-state index is 12.9. The summed E-state index contributed by atoms with van der Waals surface area (Å²) < 4.78 is 17.0. The third-order valence-electron chi connectivity index (χ3n) is 3.69. The van der Waals surface area contributed by atoms with Gasteiger partial charge < -0.3 is 10.2 Å². The van der Waals surface area contributed by atoms with Crippen molar-refractivity contribution in [3.05, 3.63) is 47.4 Å². The molecule has 1 unspecified atom stereocenters. The van der Waals surface area contributed by atoms with Crippen LogP contribution >= 0.6 is 11.5 Å². The SMILES string of the molecule is Cc1cc(NC(=O)C2CN(Cc3ccc(F)cc3)C(=O)C2=O)sn1. The number of carbonyl (C=O) groups excluding carboxylic acids is 3. The second-order valence-electron chi connectivity index (χ2n) is 5.55.